The second-order valence-electron chi connectivity index (χ2n) is 8.53. The maximum Gasteiger partial charge on any atom is 0.232 e. The van der Waals surface area contributed by atoms with E-state index in [1.807, 2.05) is 60.7 Å². The molecular weight excluding hydrogens is 348 g/mol. The highest BCUT2D eigenvalue weighted by atomic mass is 16.3. The third-order valence-corrected chi connectivity index (χ3v) is 6.39. The number of benzene rings is 2. The molecule has 2 aromatic carbocycles. The van der Waals surface area contributed by atoms with Crippen LogP contribution in [0.3, 0.4) is 0 Å². The Balaban J connectivity index is 1.93. The van der Waals surface area contributed by atoms with Gasteiger partial charge in [-0.3, -0.25) is 9.69 Å². The molecule has 0 spiro atoms. The number of nitrogens with two attached hydrogens (primary N) is 1. The van der Waals surface area contributed by atoms with Crippen LogP contribution in [0.2, 0.25) is 0 Å². The first-order valence-corrected chi connectivity index (χ1v) is 10.2. The molecule has 0 aliphatic carbocycles. The Labute approximate surface area is 168 Å². The first-order chi connectivity index (χ1) is 13.4. The number of hydrogen-bond donors (Lipinski definition) is 2. The Morgan fingerprint density at radius 1 is 0.964 bits per heavy atom. The number of carbonyl (C=O) groups excluding carboxylic acids is 1. The lowest BCUT2D eigenvalue weighted by Gasteiger charge is -2.44. The number of likely N-dealkylation sites (tertiary alicyclic amines) is 1. The molecular formula is C24H32N2O2. The monoisotopic (exact) mass is 380 g/mol. The molecule has 1 heterocycles. The van der Waals surface area contributed by atoms with Crippen molar-refractivity contribution in [1.29, 1.82) is 0 Å². The summed E-state index contributed by atoms with van der Waals surface area (Å²) in [7, 11) is 0. The molecule has 0 bridgehead atoms. The fraction of sp³-hybridized carbons (Fsp3) is 0.458. The molecule has 1 aliphatic rings. The van der Waals surface area contributed by atoms with Gasteiger partial charge in [-0.25, -0.2) is 0 Å². The van der Waals surface area contributed by atoms with Gasteiger partial charge in [0.25, 0.3) is 0 Å². The molecule has 0 radical (unpaired) electrons. The minimum Gasteiger partial charge on any atom is -0.393 e. The number of carbonyl (C=O) groups is 1. The van der Waals surface area contributed by atoms with Crippen LogP contribution in [0.4, 0.5) is 0 Å². The van der Waals surface area contributed by atoms with E-state index >= 15 is 0 Å². The minimum atomic E-state index is -0.852. The molecule has 3 N–H and O–H groups in total. The van der Waals surface area contributed by atoms with Crippen molar-refractivity contribution in [3.63, 3.8) is 0 Å². The summed E-state index contributed by atoms with van der Waals surface area (Å²) in [5.41, 5.74) is 7.03. The fourth-order valence-corrected chi connectivity index (χ4v) is 4.43. The Bertz CT molecular complexity index is 726. The fourth-order valence-electron chi connectivity index (χ4n) is 4.43. The molecule has 0 aromatic heterocycles. The van der Waals surface area contributed by atoms with Gasteiger partial charge in [-0.15, -0.1) is 0 Å². The highest BCUT2D eigenvalue weighted by Gasteiger charge is 2.42. The number of nitrogens with zero attached hydrogens (tertiary/aromatic N) is 1. The lowest BCUT2D eigenvalue weighted by atomic mass is 9.69. The molecule has 4 nitrogen and oxygen atoms in total. The summed E-state index contributed by atoms with van der Waals surface area (Å²) in [6, 6.07) is 19.8. The van der Waals surface area contributed by atoms with Crippen LogP contribution in [0.25, 0.3) is 0 Å². The van der Waals surface area contributed by atoms with Gasteiger partial charge in [0.05, 0.1) is 11.5 Å². The van der Waals surface area contributed by atoms with E-state index < -0.39 is 5.41 Å². The third-order valence-electron chi connectivity index (χ3n) is 6.39. The highest BCUT2D eigenvalue weighted by molar-refractivity contribution is 5.90. The van der Waals surface area contributed by atoms with Crippen LogP contribution in [0.5, 0.6) is 0 Å². The number of piperidine rings is 1. The van der Waals surface area contributed by atoms with Crippen LogP contribution < -0.4 is 5.73 Å². The quantitative estimate of drug-likeness (QED) is 0.773. The van der Waals surface area contributed by atoms with Crippen molar-refractivity contribution in [3.8, 4) is 0 Å². The summed E-state index contributed by atoms with van der Waals surface area (Å²) >= 11 is 0. The molecule has 1 saturated heterocycles. The summed E-state index contributed by atoms with van der Waals surface area (Å²) in [4.78, 5) is 15.4. The Morgan fingerprint density at radius 3 is 1.86 bits per heavy atom. The smallest absolute Gasteiger partial charge is 0.232 e. The van der Waals surface area contributed by atoms with E-state index in [-0.39, 0.29) is 17.6 Å². The second-order valence-corrected chi connectivity index (χ2v) is 8.53. The Kier molecular flexibility index (Phi) is 6.21. The predicted octanol–water partition coefficient (Wildman–Crippen LogP) is 3.47. The third kappa shape index (κ3) is 4.13. The maximum absolute atomic E-state index is 12.9. The van der Waals surface area contributed by atoms with Gasteiger partial charge in [0.1, 0.15) is 0 Å². The molecule has 3 rings (SSSR count). The zero-order valence-electron chi connectivity index (χ0n) is 17.0. The average Bonchev–Trinajstić information content (AvgIpc) is 2.70. The second kappa shape index (κ2) is 8.46. The van der Waals surface area contributed by atoms with Crippen LogP contribution in [0, 0.1) is 0 Å². The van der Waals surface area contributed by atoms with Crippen LogP contribution in [-0.2, 0) is 10.2 Å². The molecule has 1 aliphatic heterocycles. The Hall–Kier alpha value is -2.17. The molecule has 150 valence electrons. The summed E-state index contributed by atoms with van der Waals surface area (Å²) < 4.78 is 0. The highest BCUT2D eigenvalue weighted by Crippen LogP contribution is 2.39. The average molecular weight is 381 g/mol. The number of amides is 1. The van der Waals surface area contributed by atoms with Gasteiger partial charge < -0.3 is 10.8 Å². The van der Waals surface area contributed by atoms with Crippen molar-refractivity contribution < 1.29 is 9.90 Å². The Morgan fingerprint density at radius 2 is 1.43 bits per heavy atom. The zero-order chi connectivity index (χ0) is 20.2. The maximum atomic E-state index is 12.9. The van der Waals surface area contributed by atoms with Crippen molar-refractivity contribution in [2.75, 3.05) is 13.1 Å². The number of aliphatic hydroxyl groups excluding tert-OH is 1. The van der Waals surface area contributed by atoms with Crippen LogP contribution in [0.1, 0.15) is 50.7 Å². The van der Waals surface area contributed by atoms with Gasteiger partial charge >= 0.3 is 0 Å². The van der Waals surface area contributed by atoms with Gasteiger partial charge in [0, 0.05) is 18.6 Å². The van der Waals surface area contributed by atoms with Crippen molar-refractivity contribution in [2.24, 2.45) is 5.73 Å². The molecule has 1 amide bonds. The van der Waals surface area contributed by atoms with Gasteiger partial charge in [-0.2, -0.15) is 0 Å². The van der Waals surface area contributed by atoms with E-state index in [4.69, 9.17) is 5.73 Å². The molecule has 0 unspecified atom stereocenters. The van der Waals surface area contributed by atoms with Gasteiger partial charge in [-0.05, 0) is 50.7 Å². The van der Waals surface area contributed by atoms with Crippen molar-refractivity contribution in [1.82, 2.24) is 4.90 Å². The standard InChI is InChI=1S/C24H32N2O2/c1-23(2,26-17-13-21(27)14-18-26)15-16-24(22(25)28,19-9-5-3-6-10-19)20-11-7-4-8-12-20/h3-12,21,27H,13-18H2,1-2H3,(H2,25,28). The topological polar surface area (TPSA) is 66.6 Å². The van der Waals surface area contributed by atoms with E-state index in [0.717, 1.165) is 43.5 Å². The van der Waals surface area contributed by atoms with E-state index in [2.05, 4.69) is 18.7 Å². The van der Waals surface area contributed by atoms with Crippen LogP contribution >= 0.6 is 0 Å². The predicted molar refractivity (Wildman–Crippen MR) is 113 cm³/mol. The van der Waals surface area contributed by atoms with Crippen molar-refractivity contribution >= 4 is 5.91 Å². The van der Waals surface area contributed by atoms with E-state index in [9.17, 15) is 9.90 Å². The molecule has 4 heteroatoms. The van der Waals surface area contributed by atoms with Gasteiger partial charge in [-0.1, -0.05) is 60.7 Å². The summed E-state index contributed by atoms with van der Waals surface area (Å²) in [5, 5.41) is 9.83. The normalized spacial score (nSPS) is 16.8. The molecule has 0 atom stereocenters. The minimum absolute atomic E-state index is 0.0790. The molecule has 1 fully saturated rings. The number of aliphatic hydroxyl groups is 1. The van der Waals surface area contributed by atoms with Crippen LogP contribution in [0.15, 0.2) is 60.7 Å². The largest absolute Gasteiger partial charge is 0.393 e. The lowest BCUT2D eigenvalue weighted by Crippen LogP contribution is -2.51. The van der Waals surface area contributed by atoms with Gasteiger partial charge in [0.2, 0.25) is 5.91 Å². The summed E-state index contributed by atoms with van der Waals surface area (Å²) in [6.07, 6.45) is 2.90. The van der Waals surface area contributed by atoms with Crippen molar-refractivity contribution in [2.45, 2.75) is 56.6 Å². The number of rotatable bonds is 7. The SMILES string of the molecule is CC(C)(CCC(C(N)=O)(c1ccccc1)c1ccccc1)N1CCC(O)CC1. The van der Waals surface area contributed by atoms with E-state index in [1.54, 1.807) is 0 Å². The zero-order valence-corrected chi connectivity index (χ0v) is 17.0. The van der Waals surface area contributed by atoms with E-state index in [1.165, 1.54) is 0 Å². The summed E-state index contributed by atoms with van der Waals surface area (Å²) in [6.45, 7) is 6.22. The summed E-state index contributed by atoms with van der Waals surface area (Å²) in [5.74, 6) is -0.310. The van der Waals surface area contributed by atoms with Crippen LogP contribution in [-0.4, -0.2) is 40.6 Å². The number of hydrogen-bond acceptors (Lipinski definition) is 3. The van der Waals surface area contributed by atoms with Crippen molar-refractivity contribution in [3.05, 3.63) is 71.8 Å². The van der Waals surface area contributed by atoms with E-state index in [0.29, 0.717) is 6.42 Å². The number of primary amides is 1. The molecule has 2 aromatic rings. The molecule has 28 heavy (non-hydrogen) atoms. The first kappa shape index (κ1) is 20.6. The molecule has 0 saturated carbocycles. The lowest BCUT2D eigenvalue weighted by molar-refractivity contribution is -0.122. The van der Waals surface area contributed by atoms with Gasteiger partial charge in [0.15, 0.2) is 0 Å². The first-order valence-electron chi connectivity index (χ1n) is 10.2.